The maximum absolute atomic E-state index is 14.3. The smallest absolute Gasteiger partial charge is 0.328 e. The highest BCUT2D eigenvalue weighted by molar-refractivity contribution is 5.98. The number of anilines is 2. The molecule has 0 aliphatic carbocycles. The van der Waals surface area contributed by atoms with Crippen molar-refractivity contribution in [1.82, 2.24) is 69.6 Å². The zero-order valence-electron chi connectivity index (χ0n) is 63.6. The molecule has 8 rings (SSSR count). The Hall–Kier alpha value is -8.08. The van der Waals surface area contributed by atoms with Crippen LogP contribution >= 0.6 is 0 Å². The quantitative estimate of drug-likeness (QED) is 0.0432. The van der Waals surface area contributed by atoms with E-state index in [1.807, 2.05) is 83.6 Å². The number of hydrogen-bond donors (Lipinski definition) is 2. The van der Waals surface area contributed by atoms with E-state index in [1.54, 1.807) is 19.6 Å². The molecule has 4 fully saturated rings. The highest BCUT2D eigenvalue weighted by Crippen LogP contribution is 2.47. The number of amides is 4. The highest BCUT2D eigenvalue weighted by atomic mass is 19.1. The van der Waals surface area contributed by atoms with Crippen LogP contribution in [0.25, 0.3) is 0 Å². The van der Waals surface area contributed by atoms with Crippen LogP contribution in [0.1, 0.15) is 142 Å². The molecule has 2 aromatic heterocycles. The third-order valence-corrected chi connectivity index (χ3v) is 19.8. The lowest BCUT2D eigenvalue weighted by Crippen LogP contribution is -2.62. The van der Waals surface area contributed by atoms with Crippen LogP contribution in [0, 0.1) is 46.1 Å². The van der Waals surface area contributed by atoms with Gasteiger partial charge in [-0.3, -0.25) is 29.0 Å². The van der Waals surface area contributed by atoms with Gasteiger partial charge in [-0.1, -0.05) is 41.5 Å². The fraction of sp³-hybridized carbons (Fsp3) is 0.649. The molecule has 0 saturated carbocycles. The molecule has 6 heterocycles. The number of carbonyl (C=O) groups excluding carboxylic acids is 4. The van der Waals surface area contributed by atoms with Crippen LogP contribution in [-0.4, -0.2) is 273 Å². The second kappa shape index (κ2) is 37.9. The molecule has 4 saturated heterocycles. The number of likely N-dealkylation sites (tertiary alicyclic amines) is 2. The summed E-state index contributed by atoms with van der Waals surface area (Å²) in [6.07, 6.45) is 10.4. The number of carbonyl (C=O) groups is 6. The third-order valence-electron chi connectivity index (χ3n) is 19.8. The van der Waals surface area contributed by atoms with E-state index >= 15 is 0 Å². The van der Waals surface area contributed by atoms with Gasteiger partial charge in [0.05, 0.1) is 11.1 Å². The van der Waals surface area contributed by atoms with Crippen molar-refractivity contribution >= 4 is 47.2 Å². The van der Waals surface area contributed by atoms with Crippen molar-refractivity contribution in [3.05, 3.63) is 84.0 Å². The number of aromatic nitrogens is 6. The van der Waals surface area contributed by atoms with Crippen LogP contribution in [0.3, 0.4) is 0 Å². The Morgan fingerprint density at radius 1 is 0.549 bits per heavy atom. The average molecular weight is 1430 g/mol. The maximum Gasteiger partial charge on any atom is 0.328 e. The van der Waals surface area contributed by atoms with Gasteiger partial charge in [-0.05, 0) is 155 Å². The van der Waals surface area contributed by atoms with E-state index in [0.717, 1.165) is 117 Å². The first-order valence-corrected chi connectivity index (χ1v) is 36.0. The van der Waals surface area contributed by atoms with Crippen LogP contribution in [0.15, 0.2) is 61.2 Å². The van der Waals surface area contributed by atoms with Crippen LogP contribution in [-0.2, 0) is 19.2 Å². The number of aliphatic carboxylic acids is 2. The van der Waals surface area contributed by atoms with Crippen molar-refractivity contribution in [3.8, 4) is 23.3 Å². The fourth-order valence-corrected chi connectivity index (χ4v) is 14.8. The van der Waals surface area contributed by atoms with E-state index in [1.165, 1.54) is 49.1 Å². The zero-order chi connectivity index (χ0) is 75.5. The number of halogens is 2. The van der Waals surface area contributed by atoms with E-state index < -0.39 is 23.6 Å². The highest BCUT2D eigenvalue weighted by Gasteiger charge is 2.52. The summed E-state index contributed by atoms with van der Waals surface area (Å²) in [7, 11) is 11.5. The first kappa shape index (κ1) is 82.9. The van der Waals surface area contributed by atoms with E-state index in [9.17, 15) is 37.5 Å². The zero-order valence-corrected chi connectivity index (χ0v) is 63.6. The molecule has 2 spiro atoms. The van der Waals surface area contributed by atoms with Gasteiger partial charge in [-0.25, -0.2) is 28.3 Å². The Kier molecular flexibility index (Phi) is 30.8. The van der Waals surface area contributed by atoms with E-state index in [2.05, 4.69) is 102 Å². The van der Waals surface area contributed by atoms with Gasteiger partial charge >= 0.3 is 11.9 Å². The van der Waals surface area contributed by atoms with Crippen LogP contribution in [0.5, 0.6) is 23.3 Å². The fourth-order valence-electron chi connectivity index (χ4n) is 14.8. The number of carboxylic acid groups (broad SMARTS) is 2. The standard InChI is InChI=1S/2C35H55FN8O3.C4H4O4/c2*1-10-44(25(4)5)34(46)28-18-27(36)13-14-30(28)47-32-31(37-23-38-39-32)42-17-15-35(20-42)21-43(22-35)29(24(2)3)12-11-16-41(9)19-26(6)33(45)40(7)8;5-3(6)1-2-4(7)8/h2*13-14,18,23-26,29H,10-12,15-17,19-22H2,1-9H3;1-2H,(H,5,6)(H,7,8)/b;;2-1+/t2*26?,29-;/m11./s1. The largest absolute Gasteiger partial charge is 0.478 e. The minimum absolute atomic E-state index is 0.0102. The monoisotopic (exact) mass is 1420 g/mol. The number of carboxylic acids is 2. The van der Waals surface area contributed by atoms with Crippen molar-refractivity contribution in [3.63, 3.8) is 0 Å². The molecule has 4 aliphatic rings. The van der Waals surface area contributed by atoms with Crippen molar-refractivity contribution in [2.75, 3.05) is 144 Å². The van der Waals surface area contributed by atoms with Gasteiger partial charge in [0.1, 0.15) is 35.8 Å². The van der Waals surface area contributed by atoms with Crippen LogP contribution < -0.4 is 19.3 Å². The predicted molar refractivity (Wildman–Crippen MR) is 389 cm³/mol. The summed E-state index contributed by atoms with van der Waals surface area (Å²) in [4.78, 5) is 100. The molecule has 26 nitrogen and oxygen atoms in total. The number of ether oxygens (including phenoxy) is 2. The molecular formula is C74H114F2N16O10. The van der Waals surface area contributed by atoms with Gasteiger partial charge in [0.15, 0.2) is 11.6 Å². The number of rotatable bonds is 32. The molecule has 0 bridgehead atoms. The summed E-state index contributed by atoms with van der Waals surface area (Å²) in [6.45, 7) is 36.6. The van der Waals surface area contributed by atoms with E-state index in [-0.39, 0.29) is 92.8 Å². The third kappa shape index (κ3) is 22.7. The summed E-state index contributed by atoms with van der Waals surface area (Å²) in [5.41, 5.74) is 0.632. The molecule has 4 aliphatic heterocycles. The summed E-state index contributed by atoms with van der Waals surface area (Å²) >= 11 is 0. The van der Waals surface area contributed by atoms with Gasteiger partial charge in [-0.15, -0.1) is 20.4 Å². The minimum Gasteiger partial charge on any atom is -0.478 e. The molecular weight excluding hydrogens is 1310 g/mol. The summed E-state index contributed by atoms with van der Waals surface area (Å²) in [5.74, 6) is -0.680. The first-order chi connectivity index (χ1) is 48.1. The molecule has 102 heavy (non-hydrogen) atoms. The number of hydrogen-bond acceptors (Lipinski definition) is 20. The molecule has 4 aromatic rings. The lowest BCUT2D eigenvalue weighted by molar-refractivity contribution is -0.134. The van der Waals surface area contributed by atoms with Gasteiger partial charge < -0.3 is 58.9 Å². The lowest BCUT2D eigenvalue weighted by atomic mass is 9.76. The Bertz CT molecular complexity index is 3240. The minimum atomic E-state index is -1.26. The summed E-state index contributed by atoms with van der Waals surface area (Å²) < 4.78 is 41.0. The SMILES string of the molecule is CCN(C(=O)c1cc(F)ccc1Oc1nncnc1N1CCC2(C1)CN([C@H](CCCN(C)CC(C)C(=O)N(C)C)C(C)C)C2)C(C)C.CCN(C(=O)c1cc(F)ccc1Oc1nncnc1N1CCC2(C1)CN([C@H](CCCN(C)CC(C)C(=O)N(C)C)C(C)C)C2)C(C)C.O=C(O)/C=C/C(=O)O. The second-order valence-corrected chi connectivity index (χ2v) is 29.9. The predicted octanol–water partition coefficient (Wildman–Crippen LogP) is 9.00. The molecule has 28 heteroatoms. The van der Waals surface area contributed by atoms with E-state index in [4.69, 9.17) is 19.7 Å². The van der Waals surface area contributed by atoms with Crippen molar-refractivity contribution in [1.29, 1.82) is 0 Å². The van der Waals surface area contributed by atoms with Crippen LogP contribution in [0.2, 0.25) is 0 Å². The molecule has 2 unspecified atom stereocenters. The van der Waals surface area contributed by atoms with Crippen molar-refractivity contribution in [2.24, 2.45) is 34.5 Å². The molecule has 0 radical (unpaired) electrons. The second-order valence-electron chi connectivity index (χ2n) is 29.9. The summed E-state index contributed by atoms with van der Waals surface area (Å²) in [5, 5.41) is 32.1. The van der Waals surface area contributed by atoms with Gasteiger partial charge in [0.25, 0.3) is 23.6 Å². The maximum atomic E-state index is 14.3. The Balaban J connectivity index is 0.000000289. The molecule has 4 atom stereocenters. The molecule has 2 N–H and O–H groups in total. The Morgan fingerprint density at radius 3 is 1.21 bits per heavy atom. The molecule has 564 valence electrons. The van der Waals surface area contributed by atoms with Crippen LogP contribution in [0.4, 0.5) is 20.4 Å². The van der Waals surface area contributed by atoms with Crippen molar-refractivity contribution < 1.29 is 57.2 Å². The van der Waals surface area contributed by atoms with Gasteiger partial charge in [0, 0.05) is 166 Å². The van der Waals surface area contributed by atoms with Gasteiger partial charge in [-0.2, -0.15) is 0 Å². The number of benzene rings is 2. The molecule has 2 aromatic carbocycles. The lowest BCUT2D eigenvalue weighted by Gasteiger charge is -2.53. The topological polar surface area (TPSA) is 271 Å². The summed E-state index contributed by atoms with van der Waals surface area (Å²) in [6, 6.07) is 8.85. The Labute approximate surface area is 602 Å². The average Bonchev–Trinajstić information content (AvgIpc) is 1.58. The number of nitrogens with zero attached hydrogens (tertiary/aromatic N) is 16. The first-order valence-electron chi connectivity index (χ1n) is 36.0. The normalized spacial score (nSPS) is 16.7. The Morgan fingerprint density at radius 2 is 0.902 bits per heavy atom. The van der Waals surface area contributed by atoms with Crippen molar-refractivity contribution in [2.45, 2.75) is 146 Å². The van der Waals surface area contributed by atoms with E-state index in [0.29, 0.717) is 60.8 Å². The molecule has 4 amide bonds. The van der Waals surface area contributed by atoms with Gasteiger partial charge in [0.2, 0.25) is 11.8 Å².